The minimum absolute atomic E-state index is 0.0134. The van der Waals surface area contributed by atoms with Gasteiger partial charge in [-0.25, -0.2) is 8.78 Å². The molecule has 0 unspecified atom stereocenters. The minimum atomic E-state index is -4.67. The fourth-order valence-corrected chi connectivity index (χ4v) is 6.45. The first kappa shape index (κ1) is 27.8. The highest BCUT2D eigenvalue weighted by molar-refractivity contribution is 6.10. The van der Waals surface area contributed by atoms with Crippen molar-refractivity contribution in [3.05, 3.63) is 76.4 Å². The zero-order chi connectivity index (χ0) is 29.1. The SMILES string of the molecule is C[C@@H]1CN(Cc2cc3c(c(C(F)(F)F)c2)CN(c2cccc([C@H](c4nncn4C)C4CCC4)c2)C3=O)CCC1(F)F. The third-order valence-electron chi connectivity index (χ3n) is 9.01. The molecule has 1 aliphatic carbocycles. The van der Waals surface area contributed by atoms with Gasteiger partial charge in [0.05, 0.1) is 12.1 Å². The van der Waals surface area contributed by atoms with Crippen LogP contribution >= 0.6 is 0 Å². The number of nitrogens with zero attached hydrogens (tertiary/aromatic N) is 5. The molecule has 3 aliphatic rings. The first-order chi connectivity index (χ1) is 19.4. The molecule has 6 nitrogen and oxygen atoms in total. The predicted octanol–water partition coefficient (Wildman–Crippen LogP) is 6.40. The number of benzene rings is 2. The summed E-state index contributed by atoms with van der Waals surface area (Å²) in [6, 6.07) is 9.99. The fraction of sp³-hybridized carbons (Fsp3) is 0.500. The van der Waals surface area contributed by atoms with Gasteiger partial charge in [0, 0.05) is 56.2 Å². The lowest BCUT2D eigenvalue weighted by Gasteiger charge is -2.36. The second kappa shape index (κ2) is 10.2. The molecule has 0 bridgehead atoms. The van der Waals surface area contributed by atoms with E-state index in [1.807, 2.05) is 29.8 Å². The van der Waals surface area contributed by atoms with Crippen LogP contribution in [0.4, 0.5) is 27.6 Å². The van der Waals surface area contributed by atoms with Gasteiger partial charge in [-0.15, -0.1) is 10.2 Å². The predicted molar refractivity (Wildman–Crippen MR) is 143 cm³/mol. The molecule has 218 valence electrons. The standard InChI is InChI=1S/C30H32F5N5O/c1-18-14-39(10-9-29(18,31)32)15-19-11-23-24(25(12-19)30(33,34)35)16-40(28(23)41)22-8-4-7-21(13-22)26(20-5-3-6-20)27-37-36-17-38(27)2/h4,7-8,11-13,17-18,20,26H,3,5-6,9-10,14-16H2,1-2H3/t18-,26-/m1/s1. The van der Waals surface area contributed by atoms with Gasteiger partial charge in [-0.3, -0.25) is 9.69 Å². The van der Waals surface area contributed by atoms with Crippen LogP contribution in [-0.4, -0.2) is 44.6 Å². The monoisotopic (exact) mass is 573 g/mol. The van der Waals surface area contributed by atoms with Gasteiger partial charge in [0.15, 0.2) is 0 Å². The number of hydrogen-bond acceptors (Lipinski definition) is 4. The number of carbonyl (C=O) groups excluding carboxylic acids is 1. The van der Waals surface area contributed by atoms with Crippen molar-refractivity contribution in [1.82, 2.24) is 19.7 Å². The largest absolute Gasteiger partial charge is 0.416 e. The van der Waals surface area contributed by atoms with Gasteiger partial charge in [-0.05, 0) is 59.7 Å². The molecule has 3 aromatic rings. The summed E-state index contributed by atoms with van der Waals surface area (Å²) >= 11 is 0. The summed E-state index contributed by atoms with van der Waals surface area (Å²) in [5.74, 6) is -3.04. The van der Waals surface area contributed by atoms with Crippen molar-refractivity contribution in [2.75, 3.05) is 18.0 Å². The zero-order valence-corrected chi connectivity index (χ0v) is 23.0. The Hall–Kier alpha value is -3.34. The lowest BCUT2D eigenvalue weighted by atomic mass is 9.72. The highest BCUT2D eigenvalue weighted by Crippen LogP contribution is 2.44. The number of likely N-dealkylation sites (tertiary alicyclic amines) is 1. The van der Waals surface area contributed by atoms with Crippen molar-refractivity contribution in [3.63, 3.8) is 0 Å². The second-order valence-corrected chi connectivity index (χ2v) is 11.8. The number of piperidine rings is 1. The number of halogens is 5. The smallest absolute Gasteiger partial charge is 0.320 e. The van der Waals surface area contributed by atoms with Crippen LogP contribution < -0.4 is 4.90 Å². The molecule has 1 saturated carbocycles. The highest BCUT2D eigenvalue weighted by atomic mass is 19.4. The van der Waals surface area contributed by atoms with E-state index in [0.29, 0.717) is 17.2 Å². The number of rotatable bonds is 6. The van der Waals surface area contributed by atoms with E-state index in [-0.39, 0.29) is 49.6 Å². The summed E-state index contributed by atoms with van der Waals surface area (Å²) in [7, 11) is 1.89. The maximum atomic E-state index is 14.3. The number of hydrogen-bond donors (Lipinski definition) is 0. The third kappa shape index (κ3) is 5.13. The molecule has 11 heteroatoms. The molecule has 0 radical (unpaired) electrons. The first-order valence-corrected chi connectivity index (χ1v) is 14.0. The Balaban J connectivity index is 1.31. The number of amides is 1. The van der Waals surface area contributed by atoms with Gasteiger partial charge in [-0.1, -0.05) is 25.5 Å². The highest BCUT2D eigenvalue weighted by Gasteiger charge is 2.43. The molecule has 2 atom stereocenters. The third-order valence-corrected chi connectivity index (χ3v) is 9.01. The number of anilines is 1. The quantitative estimate of drug-likeness (QED) is 0.320. The molecule has 6 rings (SSSR count). The average molecular weight is 574 g/mol. The zero-order valence-electron chi connectivity index (χ0n) is 23.0. The van der Waals surface area contributed by atoms with Crippen molar-refractivity contribution in [1.29, 1.82) is 0 Å². The number of aromatic nitrogens is 3. The maximum Gasteiger partial charge on any atom is 0.416 e. The molecule has 3 heterocycles. The van der Waals surface area contributed by atoms with Crippen molar-refractivity contribution >= 4 is 11.6 Å². The van der Waals surface area contributed by atoms with Gasteiger partial charge in [0.1, 0.15) is 12.2 Å². The molecular weight excluding hydrogens is 541 g/mol. The van der Waals surface area contributed by atoms with E-state index in [9.17, 15) is 26.7 Å². The normalized spacial score (nSPS) is 22.1. The second-order valence-electron chi connectivity index (χ2n) is 11.8. The van der Waals surface area contributed by atoms with Crippen LogP contribution in [0, 0.1) is 11.8 Å². The van der Waals surface area contributed by atoms with Crippen LogP contribution in [0.15, 0.2) is 42.7 Å². The summed E-state index contributed by atoms with van der Waals surface area (Å²) < 4.78 is 72.6. The van der Waals surface area contributed by atoms with Crippen LogP contribution in [0.3, 0.4) is 0 Å². The molecule has 1 saturated heterocycles. The Morgan fingerprint density at radius 2 is 1.93 bits per heavy atom. The Kier molecular flexibility index (Phi) is 6.91. The topological polar surface area (TPSA) is 54.3 Å². The van der Waals surface area contributed by atoms with Gasteiger partial charge in [0.2, 0.25) is 0 Å². The van der Waals surface area contributed by atoms with Crippen LogP contribution in [0.2, 0.25) is 0 Å². The van der Waals surface area contributed by atoms with Gasteiger partial charge >= 0.3 is 6.18 Å². The van der Waals surface area contributed by atoms with Gasteiger partial charge < -0.3 is 9.47 Å². The van der Waals surface area contributed by atoms with Crippen LogP contribution in [0.25, 0.3) is 0 Å². The average Bonchev–Trinajstić information content (AvgIpc) is 3.45. The summed E-state index contributed by atoms with van der Waals surface area (Å²) in [6.07, 6.45) is -0.148. The van der Waals surface area contributed by atoms with Gasteiger partial charge in [-0.2, -0.15) is 13.2 Å². The Morgan fingerprint density at radius 3 is 2.56 bits per heavy atom. The Bertz CT molecular complexity index is 1460. The molecule has 2 aliphatic heterocycles. The van der Waals surface area contributed by atoms with E-state index in [4.69, 9.17) is 0 Å². The van der Waals surface area contributed by atoms with E-state index >= 15 is 0 Å². The molecule has 1 aromatic heterocycles. The van der Waals surface area contributed by atoms with Crippen molar-refractivity contribution < 1.29 is 26.7 Å². The van der Waals surface area contributed by atoms with E-state index in [1.54, 1.807) is 17.3 Å². The van der Waals surface area contributed by atoms with E-state index < -0.39 is 29.5 Å². The molecule has 0 spiro atoms. The molecule has 41 heavy (non-hydrogen) atoms. The van der Waals surface area contributed by atoms with Crippen molar-refractivity contribution in [2.45, 2.75) is 63.7 Å². The lowest BCUT2D eigenvalue weighted by Crippen LogP contribution is -2.45. The fourth-order valence-electron chi connectivity index (χ4n) is 6.45. The number of fused-ring (bicyclic) bond motifs is 1. The Morgan fingerprint density at radius 1 is 1.15 bits per heavy atom. The lowest BCUT2D eigenvalue weighted by molar-refractivity contribution is -0.138. The van der Waals surface area contributed by atoms with Crippen molar-refractivity contribution in [3.8, 4) is 0 Å². The molecule has 1 amide bonds. The van der Waals surface area contributed by atoms with E-state index in [2.05, 4.69) is 10.2 Å². The van der Waals surface area contributed by atoms with Crippen molar-refractivity contribution in [2.24, 2.45) is 18.9 Å². The summed E-state index contributed by atoms with van der Waals surface area (Å²) in [6.45, 7) is 1.48. The molecule has 2 fully saturated rings. The minimum Gasteiger partial charge on any atom is -0.320 e. The molecule has 2 aromatic carbocycles. The van der Waals surface area contributed by atoms with E-state index in [0.717, 1.165) is 36.7 Å². The van der Waals surface area contributed by atoms with E-state index in [1.165, 1.54) is 17.9 Å². The number of alkyl halides is 5. The Labute approximate surface area is 235 Å². The first-order valence-electron chi connectivity index (χ1n) is 14.0. The number of aryl methyl sites for hydroxylation is 1. The maximum absolute atomic E-state index is 14.3. The summed E-state index contributed by atoms with van der Waals surface area (Å²) in [5, 5.41) is 8.38. The van der Waals surface area contributed by atoms with Crippen LogP contribution in [0.5, 0.6) is 0 Å². The summed E-state index contributed by atoms with van der Waals surface area (Å²) in [4.78, 5) is 16.8. The number of carbonyl (C=O) groups is 1. The summed E-state index contributed by atoms with van der Waals surface area (Å²) in [5.41, 5.74) is 0.874. The van der Waals surface area contributed by atoms with Gasteiger partial charge in [0.25, 0.3) is 11.8 Å². The molecule has 0 N–H and O–H groups in total. The molecular formula is C30H32F5N5O. The van der Waals surface area contributed by atoms with Crippen LogP contribution in [0.1, 0.15) is 77.0 Å². The van der Waals surface area contributed by atoms with Crippen LogP contribution in [-0.2, 0) is 26.3 Å².